The quantitative estimate of drug-likeness (QED) is 0.349. The van der Waals surface area contributed by atoms with Gasteiger partial charge in [-0.25, -0.2) is 0 Å². The Morgan fingerprint density at radius 1 is 0.679 bits per heavy atom. The molecule has 0 heterocycles. The van der Waals surface area contributed by atoms with E-state index in [4.69, 9.17) is 11.6 Å². The molecular formula is C25H16BrClO. The van der Waals surface area contributed by atoms with Crippen LogP contribution in [0.3, 0.4) is 0 Å². The summed E-state index contributed by atoms with van der Waals surface area (Å²) < 4.78 is 0.924. The molecule has 3 heteroatoms. The molecule has 4 aromatic carbocycles. The second kappa shape index (κ2) is 6.59. The first-order valence-electron chi connectivity index (χ1n) is 9.08. The first-order chi connectivity index (χ1) is 13.6. The molecule has 0 aliphatic heterocycles. The summed E-state index contributed by atoms with van der Waals surface area (Å²) in [7, 11) is 0. The fourth-order valence-corrected chi connectivity index (χ4v) is 5.11. The van der Waals surface area contributed by atoms with Crippen LogP contribution in [0.5, 0.6) is 0 Å². The van der Waals surface area contributed by atoms with Gasteiger partial charge in [-0.15, -0.1) is 0 Å². The maximum atomic E-state index is 12.3. The van der Waals surface area contributed by atoms with E-state index in [1.165, 1.54) is 0 Å². The van der Waals surface area contributed by atoms with E-state index in [-0.39, 0.29) is 0 Å². The molecule has 0 saturated heterocycles. The van der Waals surface area contributed by atoms with Gasteiger partial charge in [0.1, 0.15) is 5.60 Å². The van der Waals surface area contributed by atoms with E-state index in [9.17, 15) is 5.11 Å². The van der Waals surface area contributed by atoms with E-state index in [1.807, 2.05) is 72.8 Å². The van der Waals surface area contributed by atoms with E-state index in [1.54, 1.807) is 0 Å². The maximum Gasteiger partial charge on any atom is 0.143 e. The fourth-order valence-electron chi connectivity index (χ4n) is 4.27. The lowest BCUT2D eigenvalue weighted by atomic mass is 9.80. The topological polar surface area (TPSA) is 20.2 Å². The van der Waals surface area contributed by atoms with Crippen molar-refractivity contribution in [3.8, 4) is 22.3 Å². The Morgan fingerprint density at radius 3 is 1.96 bits per heavy atom. The van der Waals surface area contributed by atoms with Gasteiger partial charge in [-0.2, -0.15) is 0 Å². The van der Waals surface area contributed by atoms with Crippen molar-refractivity contribution in [2.75, 3.05) is 0 Å². The highest BCUT2D eigenvalue weighted by molar-refractivity contribution is 9.10. The van der Waals surface area contributed by atoms with Gasteiger partial charge in [0.15, 0.2) is 0 Å². The molecule has 0 radical (unpaired) electrons. The molecule has 1 N–H and O–H groups in total. The van der Waals surface area contributed by atoms with Gasteiger partial charge in [-0.1, -0.05) is 106 Å². The van der Waals surface area contributed by atoms with Crippen LogP contribution in [0.1, 0.15) is 16.7 Å². The Kier molecular flexibility index (Phi) is 4.17. The lowest BCUT2D eigenvalue weighted by Crippen LogP contribution is -2.27. The molecule has 1 aliphatic carbocycles. The highest BCUT2D eigenvalue weighted by Gasteiger charge is 2.46. The van der Waals surface area contributed by atoms with Gasteiger partial charge >= 0.3 is 0 Å². The number of fused-ring (bicyclic) bond motifs is 3. The second-order valence-electron chi connectivity index (χ2n) is 6.95. The van der Waals surface area contributed by atoms with Gasteiger partial charge in [0.2, 0.25) is 0 Å². The second-order valence-corrected chi connectivity index (χ2v) is 8.21. The van der Waals surface area contributed by atoms with Crippen molar-refractivity contribution in [2.45, 2.75) is 5.60 Å². The summed E-state index contributed by atoms with van der Waals surface area (Å²) in [5.74, 6) is 0. The third-order valence-corrected chi connectivity index (χ3v) is 6.43. The molecule has 1 aliphatic rings. The summed E-state index contributed by atoms with van der Waals surface area (Å²) in [5, 5.41) is 12.9. The minimum Gasteiger partial charge on any atom is -0.376 e. The Bertz CT molecular complexity index is 1200. The van der Waals surface area contributed by atoms with E-state index in [0.717, 1.165) is 43.4 Å². The van der Waals surface area contributed by atoms with Gasteiger partial charge in [0.05, 0.1) is 0 Å². The number of benzene rings is 4. The summed E-state index contributed by atoms with van der Waals surface area (Å²) in [6.45, 7) is 0. The number of halogens is 2. The summed E-state index contributed by atoms with van der Waals surface area (Å²) in [6, 6.07) is 29.9. The minimum atomic E-state index is -1.33. The molecule has 0 aromatic heterocycles. The van der Waals surface area contributed by atoms with Crippen LogP contribution in [-0.2, 0) is 5.60 Å². The smallest absolute Gasteiger partial charge is 0.143 e. The third-order valence-electron chi connectivity index (χ3n) is 5.45. The van der Waals surface area contributed by atoms with Crippen molar-refractivity contribution >= 4 is 27.5 Å². The van der Waals surface area contributed by atoms with Gasteiger partial charge in [0, 0.05) is 31.7 Å². The van der Waals surface area contributed by atoms with Crippen LogP contribution in [0.4, 0.5) is 0 Å². The Hall–Kier alpha value is -2.39. The number of hydrogen-bond donors (Lipinski definition) is 1. The number of rotatable bonds is 2. The van der Waals surface area contributed by atoms with E-state index in [2.05, 4.69) is 34.1 Å². The molecule has 0 amide bonds. The van der Waals surface area contributed by atoms with Crippen molar-refractivity contribution in [3.63, 3.8) is 0 Å². The summed E-state index contributed by atoms with van der Waals surface area (Å²) in [4.78, 5) is 0. The molecular weight excluding hydrogens is 432 g/mol. The normalized spacial score (nSPS) is 17.2. The largest absolute Gasteiger partial charge is 0.376 e. The molecule has 0 fully saturated rings. The van der Waals surface area contributed by atoms with Crippen LogP contribution in [0, 0.1) is 0 Å². The van der Waals surface area contributed by atoms with Crippen LogP contribution in [0.2, 0.25) is 5.02 Å². The predicted octanol–water partition coefficient (Wildman–Crippen LogP) is 7.03. The van der Waals surface area contributed by atoms with Crippen LogP contribution in [0.15, 0.2) is 95.5 Å². The first kappa shape index (κ1) is 17.7. The number of hydrogen-bond acceptors (Lipinski definition) is 1. The van der Waals surface area contributed by atoms with E-state index < -0.39 is 5.60 Å². The highest BCUT2D eigenvalue weighted by atomic mass is 79.9. The van der Waals surface area contributed by atoms with Crippen LogP contribution >= 0.6 is 27.5 Å². The monoisotopic (exact) mass is 446 g/mol. The first-order valence-corrected chi connectivity index (χ1v) is 10.2. The van der Waals surface area contributed by atoms with Crippen LogP contribution in [-0.4, -0.2) is 5.11 Å². The molecule has 1 atom stereocenters. The zero-order chi connectivity index (χ0) is 19.3. The van der Waals surface area contributed by atoms with Gasteiger partial charge in [0.25, 0.3) is 0 Å². The summed E-state index contributed by atoms with van der Waals surface area (Å²) in [5.41, 5.74) is 5.07. The van der Waals surface area contributed by atoms with Crippen molar-refractivity contribution in [3.05, 3.63) is 117 Å². The lowest BCUT2D eigenvalue weighted by Gasteiger charge is -2.29. The molecule has 0 spiro atoms. The predicted molar refractivity (Wildman–Crippen MR) is 119 cm³/mol. The Balaban J connectivity index is 1.90. The van der Waals surface area contributed by atoms with Crippen LogP contribution in [0.25, 0.3) is 22.3 Å². The molecule has 28 heavy (non-hydrogen) atoms. The number of aliphatic hydroxyl groups is 1. The van der Waals surface area contributed by atoms with Crippen molar-refractivity contribution < 1.29 is 5.11 Å². The SMILES string of the molecule is OC1(c2ccccc2-c2ccccc2)c2ccccc2-c2c(Br)ccc(Cl)c21. The summed E-state index contributed by atoms with van der Waals surface area (Å²) in [6.07, 6.45) is 0. The van der Waals surface area contributed by atoms with Gasteiger partial charge in [-0.3, -0.25) is 0 Å². The standard InChI is InChI=1S/C25H16BrClO/c26-21-14-15-22(27)24-23(21)18-11-5-7-13-20(18)25(24,28)19-12-6-4-10-17(19)16-8-2-1-3-9-16/h1-15,28H. The van der Waals surface area contributed by atoms with Crippen molar-refractivity contribution in [1.82, 2.24) is 0 Å². The average Bonchev–Trinajstić information content (AvgIpc) is 3.03. The highest BCUT2D eigenvalue weighted by Crippen LogP contribution is 2.56. The van der Waals surface area contributed by atoms with Crippen molar-refractivity contribution in [2.24, 2.45) is 0 Å². The zero-order valence-corrected chi connectivity index (χ0v) is 17.2. The lowest BCUT2D eigenvalue weighted by molar-refractivity contribution is 0.131. The van der Waals surface area contributed by atoms with Gasteiger partial charge in [-0.05, 0) is 28.8 Å². The minimum absolute atomic E-state index is 0.555. The Morgan fingerprint density at radius 2 is 1.25 bits per heavy atom. The Labute approximate surface area is 177 Å². The molecule has 4 aromatic rings. The molecule has 5 rings (SSSR count). The fraction of sp³-hybridized carbons (Fsp3) is 0.0400. The van der Waals surface area contributed by atoms with Crippen LogP contribution < -0.4 is 0 Å². The zero-order valence-electron chi connectivity index (χ0n) is 14.9. The van der Waals surface area contributed by atoms with E-state index in [0.29, 0.717) is 5.02 Å². The summed E-state index contributed by atoms with van der Waals surface area (Å²) >= 11 is 10.4. The molecule has 1 unspecified atom stereocenters. The molecule has 0 bridgehead atoms. The van der Waals surface area contributed by atoms with E-state index >= 15 is 0 Å². The maximum absolute atomic E-state index is 12.3. The molecule has 136 valence electrons. The van der Waals surface area contributed by atoms with Crippen molar-refractivity contribution in [1.29, 1.82) is 0 Å². The molecule has 1 nitrogen and oxygen atoms in total. The van der Waals surface area contributed by atoms with Gasteiger partial charge < -0.3 is 5.11 Å². The molecule has 0 saturated carbocycles. The third kappa shape index (κ3) is 2.42. The average molecular weight is 448 g/mol.